The zero-order valence-electron chi connectivity index (χ0n) is 10.8. The van der Waals surface area contributed by atoms with Crippen LogP contribution in [0.15, 0.2) is 52.0 Å². The maximum atomic E-state index is 13.6. The summed E-state index contributed by atoms with van der Waals surface area (Å²) in [6, 6.07) is 9.83. The molecule has 1 aliphatic heterocycles. The molecule has 1 aromatic heterocycles. The Labute approximate surface area is 130 Å². The molecule has 0 unspecified atom stereocenters. The van der Waals surface area contributed by atoms with Crippen LogP contribution in [0.4, 0.5) is 4.39 Å². The summed E-state index contributed by atoms with van der Waals surface area (Å²) in [7, 11) is 0. The monoisotopic (exact) mass is 319 g/mol. The van der Waals surface area contributed by atoms with Gasteiger partial charge in [-0.2, -0.15) is 0 Å². The lowest BCUT2D eigenvalue weighted by molar-refractivity contribution is -0.122. The molecule has 106 valence electrons. The predicted molar refractivity (Wildman–Crippen MR) is 83.8 cm³/mol. The Hall–Kier alpha value is -1.92. The molecule has 0 atom stereocenters. The van der Waals surface area contributed by atoms with Gasteiger partial charge in [0.15, 0.2) is 0 Å². The summed E-state index contributed by atoms with van der Waals surface area (Å²) < 4.78 is 19.3. The van der Waals surface area contributed by atoms with Crippen LogP contribution >= 0.6 is 24.0 Å². The third-order valence-electron chi connectivity index (χ3n) is 2.96. The highest BCUT2D eigenvalue weighted by atomic mass is 32.2. The van der Waals surface area contributed by atoms with Crippen molar-refractivity contribution in [2.75, 3.05) is 0 Å². The minimum absolute atomic E-state index is 0.232. The van der Waals surface area contributed by atoms with Gasteiger partial charge in [0, 0.05) is 5.56 Å². The second-order valence-corrected chi connectivity index (χ2v) is 6.04. The number of furan rings is 1. The quantitative estimate of drug-likeness (QED) is 0.636. The Morgan fingerprint density at radius 2 is 2.10 bits per heavy atom. The number of carbonyl (C=O) groups is 1. The van der Waals surface area contributed by atoms with Gasteiger partial charge >= 0.3 is 0 Å². The van der Waals surface area contributed by atoms with Crippen LogP contribution in [0.2, 0.25) is 0 Å². The van der Waals surface area contributed by atoms with Crippen molar-refractivity contribution in [3.05, 3.63) is 64.7 Å². The van der Waals surface area contributed by atoms with Crippen molar-refractivity contribution < 1.29 is 13.6 Å². The Morgan fingerprint density at radius 1 is 1.29 bits per heavy atom. The van der Waals surface area contributed by atoms with Gasteiger partial charge in [0.25, 0.3) is 5.91 Å². The summed E-state index contributed by atoms with van der Waals surface area (Å²) in [5.41, 5.74) is 0.371. The van der Waals surface area contributed by atoms with E-state index in [1.54, 1.807) is 36.6 Å². The normalized spacial score (nSPS) is 17.0. The Kier molecular flexibility index (Phi) is 3.90. The van der Waals surface area contributed by atoms with Crippen LogP contribution in [-0.2, 0) is 11.3 Å². The number of thioether (sulfide) groups is 1. The number of rotatable bonds is 3. The summed E-state index contributed by atoms with van der Waals surface area (Å²) in [5, 5.41) is 0. The van der Waals surface area contributed by atoms with E-state index < -0.39 is 0 Å². The Morgan fingerprint density at radius 3 is 2.81 bits per heavy atom. The fraction of sp³-hybridized carbons (Fsp3) is 0.0667. The smallest absolute Gasteiger partial charge is 0.266 e. The van der Waals surface area contributed by atoms with E-state index in [0.717, 1.165) is 0 Å². The maximum Gasteiger partial charge on any atom is 0.266 e. The molecule has 3 nitrogen and oxygen atoms in total. The van der Waals surface area contributed by atoms with Crippen molar-refractivity contribution in [1.82, 2.24) is 4.90 Å². The van der Waals surface area contributed by atoms with E-state index in [1.807, 2.05) is 0 Å². The standard InChI is InChI=1S/C15H10FNO2S2/c16-12-6-2-1-4-10(12)8-13-14(18)17(15(20)21-13)9-11-5-3-7-19-11/h1-8H,9H2/b13-8+. The first-order chi connectivity index (χ1) is 10.1. The van der Waals surface area contributed by atoms with E-state index in [4.69, 9.17) is 16.6 Å². The third kappa shape index (κ3) is 2.91. The number of nitrogens with zero attached hydrogens (tertiary/aromatic N) is 1. The molecule has 0 N–H and O–H groups in total. The SMILES string of the molecule is O=C1/C(=C\c2ccccc2F)SC(=S)N1Cc1ccco1. The average Bonchev–Trinajstić information content (AvgIpc) is 3.06. The fourth-order valence-electron chi connectivity index (χ4n) is 1.93. The number of hydrogen-bond acceptors (Lipinski definition) is 4. The first-order valence-corrected chi connectivity index (χ1v) is 7.40. The molecule has 2 heterocycles. The summed E-state index contributed by atoms with van der Waals surface area (Å²) in [4.78, 5) is 14.2. The summed E-state index contributed by atoms with van der Waals surface area (Å²) in [6.07, 6.45) is 3.07. The second kappa shape index (κ2) is 5.83. The Bertz CT molecular complexity index is 725. The van der Waals surface area contributed by atoms with E-state index in [2.05, 4.69) is 0 Å². The first-order valence-electron chi connectivity index (χ1n) is 6.17. The van der Waals surface area contributed by atoms with E-state index >= 15 is 0 Å². The molecule has 1 aliphatic rings. The molecule has 0 spiro atoms. The minimum atomic E-state index is -0.367. The van der Waals surface area contributed by atoms with E-state index in [1.165, 1.54) is 28.8 Å². The van der Waals surface area contributed by atoms with Crippen LogP contribution in [0.1, 0.15) is 11.3 Å². The molecule has 0 saturated carbocycles. The van der Waals surface area contributed by atoms with Gasteiger partial charge in [0.2, 0.25) is 0 Å². The largest absolute Gasteiger partial charge is 0.467 e. The van der Waals surface area contributed by atoms with Crippen molar-refractivity contribution in [3.8, 4) is 0 Å². The van der Waals surface area contributed by atoms with Crippen molar-refractivity contribution in [2.45, 2.75) is 6.54 Å². The topological polar surface area (TPSA) is 33.5 Å². The summed E-state index contributed by atoms with van der Waals surface area (Å²) in [5.74, 6) is 0.0527. The van der Waals surface area contributed by atoms with Crippen molar-refractivity contribution in [2.24, 2.45) is 0 Å². The third-order valence-corrected chi connectivity index (χ3v) is 4.34. The van der Waals surface area contributed by atoms with Crippen LogP contribution < -0.4 is 0 Å². The summed E-state index contributed by atoms with van der Waals surface area (Å²) in [6.45, 7) is 0.284. The maximum absolute atomic E-state index is 13.6. The highest BCUT2D eigenvalue weighted by molar-refractivity contribution is 8.26. The fourth-order valence-corrected chi connectivity index (χ4v) is 3.17. The van der Waals surface area contributed by atoms with Gasteiger partial charge in [0.1, 0.15) is 15.9 Å². The molecule has 0 aliphatic carbocycles. The molecule has 0 bridgehead atoms. The number of thiocarbonyl (C=S) groups is 1. The molecule has 6 heteroatoms. The molecule has 0 radical (unpaired) electrons. The van der Waals surface area contributed by atoms with Crippen molar-refractivity contribution in [3.63, 3.8) is 0 Å². The van der Waals surface area contributed by atoms with Gasteiger partial charge in [0.05, 0.1) is 17.7 Å². The molecule has 2 aromatic rings. The van der Waals surface area contributed by atoms with E-state index in [0.29, 0.717) is 20.5 Å². The van der Waals surface area contributed by atoms with Crippen molar-refractivity contribution in [1.29, 1.82) is 0 Å². The van der Waals surface area contributed by atoms with Gasteiger partial charge in [-0.3, -0.25) is 9.69 Å². The second-order valence-electron chi connectivity index (χ2n) is 4.37. The van der Waals surface area contributed by atoms with Crippen molar-refractivity contribution >= 4 is 40.3 Å². The number of benzene rings is 1. The van der Waals surface area contributed by atoms with Gasteiger partial charge < -0.3 is 4.42 Å². The molecule has 1 aromatic carbocycles. The highest BCUT2D eigenvalue weighted by Crippen LogP contribution is 2.33. The molecule has 1 saturated heterocycles. The molecular formula is C15H10FNO2S2. The zero-order chi connectivity index (χ0) is 14.8. The zero-order valence-corrected chi connectivity index (χ0v) is 12.4. The van der Waals surface area contributed by atoms with Crippen LogP contribution in [-0.4, -0.2) is 15.1 Å². The van der Waals surface area contributed by atoms with Gasteiger partial charge in [-0.15, -0.1) is 0 Å². The number of amides is 1. The molecule has 3 rings (SSSR count). The predicted octanol–water partition coefficient (Wildman–Crippen LogP) is 3.82. The van der Waals surface area contributed by atoms with Gasteiger partial charge in [-0.25, -0.2) is 4.39 Å². The first kappa shape index (κ1) is 14.0. The minimum Gasteiger partial charge on any atom is -0.467 e. The highest BCUT2D eigenvalue weighted by Gasteiger charge is 2.32. The molecular weight excluding hydrogens is 309 g/mol. The lowest BCUT2D eigenvalue weighted by Gasteiger charge is -2.11. The summed E-state index contributed by atoms with van der Waals surface area (Å²) >= 11 is 6.38. The van der Waals surface area contributed by atoms with Crippen LogP contribution in [0.5, 0.6) is 0 Å². The lowest BCUT2D eigenvalue weighted by atomic mass is 10.2. The number of carbonyl (C=O) groups excluding carboxylic acids is 1. The van der Waals surface area contributed by atoms with E-state index in [9.17, 15) is 9.18 Å². The molecule has 1 amide bonds. The number of hydrogen-bond donors (Lipinski definition) is 0. The van der Waals surface area contributed by atoms with Crippen LogP contribution in [0.3, 0.4) is 0 Å². The molecule has 21 heavy (non-hydrogen) atoms. The van der Waals surface area contributed by atoms with E-state index in [-0.39, 0.29) is 18.3 Å². The Balaban J connectivity index is 1.85. The van der Waals surface area contributed by atoms with Crippen LogP contribution in [0, 0.1) is 5.82 Å². The van der Waals surface area contributed by atoms with Crippen LogP contribution in [0.25, 0.3) is 6.08 Å². The number of halogens is 1. The lowest BCUT2D eigenvalue weighted by Crippen LogP contribution is -2.27. The molecule has 1 fully saturated rings. The van der Waals surface area contributed by atoms with Gasteiger partial charge in [-0.1, -0.05) is 42.2 Å². The average molecular weight is 319 g/mol. The van der Waals surface area contributed by atoms with Gasteiger partial charge in [-0.05, 0) is 24.3 Å².